The molecule has 0 aliphatic heterocycles. The average molecular weight is 250 g/mol. The van der Waals surface area contributed by atoms with Gasteiger partial charge in [0.15, 0.2) is 5.82 Å². The fourth-order valence-electron chi connectivity index (χ4n) is 2.29. The van der Waals surface area contributed by atoms with E-state index in [1.54, 1.807) is 11.6 Å². The van der Waals surface area contributed by atoms with Gasteiger partial charge in [0.05, 0.1) is 5.69 Å². The Morgan fingerprint density at radius 3 is 3.00 bits per heavy atom. The highest BCUT2D eigenvalue weighted by atomic mass is 32.1. The average Bonchev–Trinajstić information content (AvgIpc) is 2.73. The summed E-state index contributed by atoms with van der Waals surface area (Å²) in [5.74, 6) is 1.41. The van der Waals surface area contributed by atoms with Crippen molar-refractivity contribution < 1.29 is 4.74 Å². The van der Waals surface area contributed by atoms with Crippen LogP contribution < -0.4 is 0 Å². The molecule has 2 heterocycles. The monoisotopic (exact) mass is 250 g/mol. The van der Waals surface area contributed by atoms with Gasteiger partial charge in [-0.1, -0.05) is 12.2 Å². The molecule has 0 amide bonds. The molecule has 17 heavy (non-hydrogen) atoms. The summed E-state index contributed by atoms with van der Waals surface area (Å²) in [5.41, 5.74) is 2.33. The minimum atomic E-state index is 0.447. The van der Waals surface area contributed by atoms with E-state index in [4.69, 9.17) is 17.0 Å². The zero-order valence-corrected chi connectivity index (χ0v) is 10.5. The first-order valence-corrected chi connectivity index (χ1v) is 6.19. The van der Waals surface area contributed by atoms with Crippen molar-refractivity contribution in [3.05, 3.63) is 21.7 Å². The fourth-order valence-corrected chi connectivity index (χ4v) is 2.64. The molecule has 0 fully saturated rings. The van der Waals surface area contributed by atoms with E-state index in [0.29, 0.717) is 12.4 Å². The van der Waals surface area contributed by atoms with Crippen LogP contribution in [-0.2, 0) is 24.2 Å². The van der Waals surface area contributed by atoms with Gasteiger partial charge in [0.25, 0.3) is 5.78 Å². The molecular formula is C11H14N4OS. The molecule has 2 aromatic rings. The summed E-state index contributed by atoms with van der Waals surface area (Å²) in [6.07, 6.45) is 4.44. The van der Waals surface area contributed by atoms with Crippen molar-refractivity contribution in [1.82, 2.24) is 19.6 Å². The molecule has 90 valence electrons. The summed E-state index contributed by atoms with van der Waals surface area (Å²) in [6, 6.07) is 0. The van der Waals surface area contributed by atoms with Gasteiger partial charge in [0.2, 0.25) is 0 Å². The molecule has 1 aliphatic carbocycles. The van der Waals surface area contributed by atoms with Gasteiger partial charge in [-0.3, -0.25) is 5.10 Å². The number of aromatic nitrogens is 4. The molecule has 0 unspecified atom stereocenters. The molecule has 0 aromatic carbocycles. The van der Waals surface area contributed by atoms with E-state index in [-0.39, 0.29) is 0 Å². The van der Waals surface area contributed by atoms with E-state index in [2.05, 4.69) is 15.1 Å². The predicted octanol–water partition coefficient (Wildman–Crippen LogP) is 1.81. The molecule has 0 spiro atoms. The van der Waals surface area contributed by atoms with Gasteiger partial charge < -0.3 is 4.74 Å². The van der Waals surface area contributed by atoms with Crippen LogP contribution in [0.3, 0.4) is 0 Å². The van der Waals surface area contributed by atoms with Gasteiger partial charge >= 0.3 is 0 Å². The van der Waals surface area contributed by atoms with E-state index >= 15 is 0 Å². The van der Waals surface area contributed by atoms with Crippen molar-refractivity contribution in [3.8, 4) is 0 Å². The standard InChI is InChI=1S/C11H14N4OS/c1-16-6-9-13-11-12-8-5-3-2-4-7(8)10(17)15(11)14-9/h2-6H2,1H3,(H,12,13,14). The van der Waals surface area contributed by atoms with Crippen molar-refractivity contribution in [2.45, 2.75) is 32.3 Å². The Morgan fingerprint density at radius 2 is 2.18 bits per heavy atom. The van der Waals surface area contributed by atoms with E-state index < -0.39 is 0 Å². The van der Waals surface area contributed by atoms with Gasteiger partial charge in [0, 0.05) is 12.7 Å². The maximum absolute atomic E-state index is 5.49. The topological polar surface area (TPSA) is 55.2 Å². The van der Waals surface area contributed by atoms with E-state index in [9.17, 15) is 0 Å². The van der Waals surface area contributed by atoms with Crippen molar-refractivity contribution >= 4 is 18.0 Å². The van der Waals surface area contributed by atoms with Crippen molar-refractivity contribution in [2.75, 3.05) is 7.11 Å². The number of nitrogens with one attached hydrogen (secondary N) is 1. The Kier molecular flexibility index (Phi) is 2.68. The number of rotatable bonds is 2. The second-order valence-electron chi connectivity index (χ2n) is 4.29. The number of hydrogen-bond donors (Lipinski definition) is 1. The Labute approximate surface area is 104 Å². The highest BCUT2D eigenvalue weighted by Gasteiger charge is 2.16. The molecular weight excluding hydrogens is 236 g/mol. The molecule has 0 bridgehead atoms. The summed E-state index contributed by atoms with van der Waals surface area (Å²) in [5, 5.41) is 3.13. The number of fused-ring (bicyclic) bond motifs is 2. The predicted molar refractivity (Wildman–Crippen MR) is 65.5 cm³/mol. The van der Waals surface area contributed by atoms with Gasteiger partial charge in [-0.25, -0.2) is 9.50 Å². The first kappa shape index (κ1) is 10.9. The third kappa shape index (κ3) is 1.77. The first-order valence-electron chi connectivity index (χ1n) is 5.78. The third-order valence-electron chi connectivity index (χ3n) is 3.09. The normalized spacial score (nSPS) is 15.1. The number of methoxy groups -OCH3 is 1. The SMILES string of the molecule is COCc1nc2nc3c(c(=S)n2[nH]1)CCCC3. The summed E-state index contributed by atoms with van der Waals surface area (Å²) in [6.45, 7) is 0.447. The maximum Gasteiger partial charge on any atom is 0.252 e. The van der Waals surface area contributed by atoms with E-state index in [1.807, 2.05) is 0 Å². The fraction of sp³-hybridized carbons (Fsp3) is 0.545. The van der Waals surface area contributed by atoms with Crippen LogP contribution in [0.25, 0.3) is 5.78 Å². The van der Waals surface area contributed by atoms with Crippen LogP contribution in [-0.4, -0.2) is 26.7 Å². The molecule has 0 saturated heterocycles. The smallest absolute Gasteiger partial charge is 0.252 e. The Bertz CT molecular complexity index is 616. The molecule has 2 aromatic heterocycles. The molecule has 0 saturated carbocycles. The lowest BCUT2D eigenvalue weighted by Crippen LogP contribution is -2.10. The van der Waals surface area contributed by atoms with Crippen molar-refractivity contribution in [1.29, 1.82) is 0 Å². The molecule has 1 N–H and O–H groups in total. The van der Waals surface area contributed by atoms with Crippen LogP contribution in [0.5, 0.6) is 0 Å². The number of H-pyrrole nitrogens is 1. The molecule has 0 radical (unpaired) electrons. The van der Waals surface area contributed by atoms with E-state index in [0.717, 1.165) is 29.0 Å². The number of ether oxygens (including phenoxy) is 1. The van der Waals surface area contributed by atoms with Crippen LogP contribution in [0.15, 0.2) is 0 Å². The Balaban J connectivity index is 2.22. The summed E-state index contributed by atoms with van der Waals surface area (Å²) < 4.78 is 7.66. The van der Waals surface area contributed by atoms with Crippen LogP contribution >= 0.6 is 12.2 Å². The first-order chi connectivity index (χ1) is 8.29. The lowest BCUT2D eigenvalue weighted by atomic mass is 9.98. The summed E-state index contributed by atoms with van der Waals surface area (Å²) in [4.78, 5) is 8.95. The highest BCUT2D eigenvalue weighted by Crippen LogP contribution is 2.21. The highest BCUT2D eigenvalue weighted by molar-refractivity contribution is 7.71. The number of hydrogen-bond acceptors (Lipinski definition) is 4. The molecule has 0 atom stereocenters. The molecule has 6 heteroatoms. The van der Waals surface area contributed by atoms with E-state index in [1.165, 1.54) is 18.4 Å². The number of nitrogens with zero attached hydrogens (tertiary/aromatic N) is 3. The molecule has 5 nitrogen and oxygen atoms in total. The minimum Gasteiger partial charge on any atom is -0.377 e. The van der Waals surface area contributed by atoms with Crippen LogP contribution in [0.2, 0.25) is 0 Å². The maximum atomic E-state index is 5.49. The molecule has 3 rings (SSSR count). The summed E-state index contributed by atoms with van der Waals surface area (Å²) in [7, 11) is 1.64. The second-order valence-corrected chi connectivity index (χ2v) is 4.67. The zero-order valence-electron chi connectivity index (χ0n) is 9.69. The quantitative estimate of drug-likeness (QED) is 0.826. The zero-order chi connectivity index (χ0) is 11.8. The second kappa shape index (κ2) is 4.19. The lowest BCUT2D eigenvalue weighted by Gasteiger charge is -2.14. The van der Waals surface area contributed by atoms with Crippen molar-refractivity contribution in [3.63, 3.8) is 0 Å². The Morgan fingerprint density at radius 1 is 1.35 bits per heavy atom. The number of aromatic amines is 1. The van der Waals surface area contributed by atoms with Crippen molar-refractivity contribution in [2.24, 2.45) is 0 Å². The third-order valence-corrected chi connectivity index (χ3v) is 3.52. The molecule has 1 aliphatic rings. The van der Waals surface area contributed by atoms with Crippen LogP contribution in [0, 0.1) is 4.64 Å². The van der Waals surface area contributed by atoms with Gasteiger partial charge in [0.1, 0.15) is 11.2 Å². The van der Waals surface area contributed by atoms with Gasteiger partial charge in [-0.15, -0.1) is 0 Å². The van der Waals surface area contributed by atoms with Crippen LogP contribution in [0.4, 0.5) is 0 Å². The van der Waals surface area contributed by atoms with Gasteiger partial charge in [-0.05, 0) is 25.7 Å². The minimum absolute atomic E-state index is 0.447. The summed E-state index contributed by atoms with van der Waals surface area (Å²) >= 11 is 5.49. The lowest BCUT2D eigenvalue weighted by molar-refractivity contribution is 0.178. The number of aryl methyl sites for hydroxylation is 1. The largest absolute Gasteiger partial charge is 0.377 e. The Hall–Kier alpha value is -1.27. The van der Waals surface area contributed by atoms with Gasteiger partial charge in [-0.2, -0.15) is 4.98 Å². The van der Waals surface area contributed by atoms with Crippen LogP contribution in [0.1, 0.15) is 29.9 Å².